The molecule has 0 saturated heterocycles. The number of nitrogens with two attached hydrogens (primary N) is 1. The fourth-order valence-electron chi connectivity index (χ4n) is 2.85. The number of rotatable bonds is 2. The number of H-pyrrole nitrogens is 1. The monoisotopic (exact) mass is 264 g/mol. The molecule has 100 valence electrons. The van der Waals surface area contributed by atoms with Crippen LogP contribution in [0.15, 0.2) is 36.5 Å². The summed E-state index contributed by atoms with van der Waals surface area (Å²) in [7, 11) is 0. The number of fused-ring (bicyclic) bond motifs is 1. The molecule has 0 bridgehead atoms. The highest BCUT2D eigenvalue weighted by molar-refractivity contribution is 5.94. The van der Waals surface area contributed by atoms with Gasteiger partial charge in [0.25, 0.3) is 0 Å². The lowest BCUT2D eigenvalue weighted by Crippen LogP contribution is -2.12. The second-order valence-electron chi connectivity index (χ2n) is 5.41. The molecule has 1 fully saturated rings. The number of aromatic amines is 1. The van der Waals surface area contributed by atoms with Gasteiger partial charge in [-0.1, -0.05) is 18.6 Å². The summed E-state index contributed by atoms with van der Waals surface area (Å²) < 4.78 is 0. The van der Waals surface area contributed by atoms with E-state index in [9.17, 15) is 0 Å². The summed E-state index contributed by atoms with van der Waals surface area (Å²) in [5.74, 6) is 0.932. The van der Waals surface area contributed by atoms with Crippen molar-refractivity contribution in [3.8, 4) is 11.3 Å². The van der Waals surface area contributed by atoms with Crippen molar-refractivity contribution in [2.75, 3.05) is 5.73 Å². The van der Waals surface area contributed by atoms with Gasteiger partial charge in [-0.25, -0.2) is 9.97 Å². The van der Waals surface area contributed by atoms with Crippen LogP contribution >= 0.6 is 0 Å². The molecule has 3 N–H and O–H groups in total. The van der Waals surface area contributed by atoms with Crippen LogP contribution in [-0.4, -0.2) is 15.0 Å². The zero-order valence-corrected chi connectivity index (χ0v) is 11.1. The molecule has 2 heterocycles. The summed E-state index contributed by atoms with van der Waals surface area (Å²) in [4.78, 5) is 12.1. The van der Waals surface area contributed by atoms with Gasteiger partial charge in [-0.15, -0.1) is 0 Å². The van der Waals surface area contributed by atoms with E-state index in [2.05, 4.69) is 39.2 Å². The Morgan fingerprint density at radius 1 is 1.15 bits per heavy atom. The molecule has 1 saturated carbocycles. The minimum Gasteiger partial charge on any atom is -0.368 e. The molecule has 0 unspecified atom stereocenters. The van der Waals surface area contributed by atoms with E-state index in [4.69, 9.17) is 5.73 Å². The maximum Gasteiger partial charge on any atom is 0.220 e. The predicted octanol–water partition coefficient (Wildman–Crippen LogP) is 3.47. The molecule has 4 heteroatoms. The van der Waals surface area contributed by atoms with Crippen LogP contribution in [0.25, 0.3) is 22.2 Å². The molecule has 1 aliphatic rings. The molecule has 20 heavy (non-hydrogen) atoms. The number of nitrogens with zero attached hydrogens (tertiary/aromatic N) is 2. The first-order valence-electron chi connectivity index (χ1n) is 7.02. The molecule has 0 amide bonds. The molecule has 0 atom stereocenters. The van der Waals surface area contributed by atoms with E-state index in [0.29, 0.717) is 11.9 Å². The Morgan fingerprint density at radius 3 is 2.85 bits per heavy atom. The molecule has 4 rings (SSSR count). The summed E-state index contributed by atoms with van der Waals surface area (Å²) in [5, 5.41) is 1.17. The summed E-state index contributed by atoms with van der Waals surface area (Å²) in [6.07, 6.45) is 5.66. The van der Waals surface area contributed by atoms with Crippen molar-refractivity contribution in [1.29, 1.82) is 0 Å². The van der Waals surface area contributed by atoms with Crippen LogP contribution < -0.4 is 5.73 Å². The van der Waals surface area contributed by atoms with Gasteiger partial charge >= 0.3 is 0 Å². The Morgan fingerprint density at radius 2 is 2.05 bits per heavy atom. The quantitative estimate of drug-likeness (QED) is 0.744. The Labute approximate surface area is 117 Å². The lowest BCUT2D eigenvalue weighted by molar-refractivity contribution is 0.411. The van der Waals surface area contributed by atoms with Crippen molar-refractivity contribution in [1.82, 2.24) is 15.0 Å². The summed E-state index contributed by atoms with van der Waals surface area (Å²) in [5.41, 5.74) is 10.1. The van der Waals surface area contributed by atoms with Crippen molar-refractivity contribution < 1.29 is 0 Å². The fourth-order valence-corrected chi connectivity index (χ4v) is 2.85. The van der Waals surface area contributed by atoms with E-state index >= 15 is 0 Å². The Hall–Kier alpha value is -2.36. The fraction of sp³-hybridized carbons (Fsp3) is 0.250. The largest absolute Gasteiger partial charge is 0.368 e. The molecule has 2 aromatic heterocycles. The standard InChI is InChI=1S/C16H16N4/c17-16-19-14(10-3-1-4-10)9-15(20-16)11-5-2-6-13-12(11)7-8-18-13/h2,5-10,18H,1,3-4H2,(H2,17,19,20). The third-order valence-electron chi connectivity index (χ3n) is 4.16. The van der Waals surface area contributed by atoms with E-state index in [-0.39, 0.29) is 0 Å². The first kappa shape index (κ1) is 11.5. The van der Waals surface area contributed by atoms with Gasteiger partial charge in [0.15, 0.2) is 0 Å². The highest BCUT2D eigenvalue weighted by Crippen LogP contribution is 2.37. The molecule has 0 aliphatic heterocycles. The van der Waals surface area contributed by atoms with E-state index in [1.54, 1.807) is 0 Å². The highest BCUT2D eigenvalue weighted by atomic mass is 15.0. The van der Waals surface area contributed by atoms with Crippen molar-refractivity contribution in [3.63, 3.8) is 0 Å². The lowest BCUT2D eigenvalue weighted by atomic mass is 9.82. The third-order valence-corrected chi connectivity index (χ3v) is 4.16. The Bertz CT molecular complexity index is 771. The van der Waals surface area contributed by atoms with Gasteiger partial charge in [-0.3, -0.25) is 0 Å². The van der Waals surface area contributed by atoms with Crippen LogP contribution in [0.3, 0.4) is 0 Å². The van der Waals surface area contributed by atoms with Gasteiger partial charge in [-0.05, 0) is 31.0 Å². The summed E-state index contributed by atoms with van der Waals surface area (Å²) in [6, 6.07) is 10.4. The highest BCUT2D eigenvalue weighted by Gasteiger charge is 2.22. The molecule has 0 radical (unpaired) electrons. The van der Waals surface area contributed by atoms with Gasteiger partial charge in [0.05, 0.1) is 5.69 Å². The molecule has 3 aromatic rings. The van der Waals surface area contributed by atoms with Crippen LogP contribution in [0, 0.1) is 0 Å². The maximum atomic E-state index is 5.90. The first-order valence-corrected chi connectivity index (χ1v) is 7.02. The average Bonchev–Trinajstić information content (AvgIpc) is 2.83. The van der Waals surface area contributed by atoms with Crippen molar-refractivity contribution in [3.05, 3.63) is 42.2 Å². The van der Waals surface area contributed by atoms with Gasteiger partial charge in [0.2, 0.25) is 5.95 Å². The smallest absolute Gasteiger partial charge is 0.220 e. The summed E-state index contributed by atoms with van der Waals surface area (Å²) in [6.45, 7) is 0. The lowest BCUT2D eigenvalue weighted by Gasteiger charge is -2.25. The van der Waals surface area contributed by atoms with Gasteiger partial charge in [0, 0.05) is 34.3 Å². The molecule has 4 nitrogen and oxygen atoms in total. The van der Waals surface area contributed by atoms with Gasteiger partial charge < -0.3 is 10.7 Å². The number of nitrogens with one attached hydrogen (secondary N) is 1. The second-order valence-corrected chi connectivity index (χ2v) is 5.41. The topological polar surface area (TPSA) is 67.6 Å². The number of nitrogen functional groups attached to an aromatic ring is 1. The van der Waals surface area contributed by atoms with Gasteiger partial charge in [-0.2, -0.15) is 0 Å². The third kappa shape index (κ3) is 1.76. The van der Waals surface area contributed by atoms with E-state index < -0.39 is 0 Å². The zero-order chi connectivity index (χ0) is 13.5. The average molecular weight is 264 g/mol. The van der Waals surface area contributed by atoms with Crippen LogP contribution in [-0.2, 0) is 0 Å². The number of anilines is 1. The number of aromatic nitrogens is 3. The molecule has 1 aliphatic carbocycles. The Kier molecular flexibility index (Phi) is 2.49. The molecular formula is C16H16N4. The van der Waals surface area contributed by atoms with Crippen molar-refractivity contribution in [2.45, 2.75) is 25.2 Å². The predicted molar refractivity (Wildman–Crippen MR) is 80.3 cm³/mol. The normalized spacial score (nSPS) is 15.4. The number of hydrogen-bond acceptors (Lipinski definition) is 3. The SMILES string of the molecule is Nc1nc(-c2cccc3[nH]ccc23)cc(C2CCC2)n1. The minimum absolute atomic E-state index is 0.372. The number of benzene rings is 1. The minimum atomic E-state index is 0.372. The maximum absolute atomic E-state index is 5.90. The first-order chi connectivity index (χ1) is 9.81. The Balaban J connectivity index is 1.88. The molecule has 1 aromatic carbocycles. The van der Waals surface area contributed by atoms with E-state index in [0.717, 1.165) is 22.5 Å². The van der Waals surface area contributed by atoms with E-state index in [1.807, 2.05) is 12.3 Å². The van der Waals surface area contributed by atoms with Crippen LogP contribution in [0.5, 0.6) is 0 Å². The van der Waals surface area contributed by atoms with Crippen molar-refractivity contribution in [2.24, 2.45) is 0 Å². The van der Waals surface area contributed by atoms with Crippen LogP contribution in [0.1, 0.15) is 30.9 Å². The number of hydrogen-bond donors (Lipinski definition) is 2. The second kappa shape index (κ2) is 4.34. The van der Waals surface area contributed by atoms with Crippen LogP contribution in [0.4, 0.5) is 5.95 Å². The van der Waals surface area contributed by atoms with Crippen LogP contribution in [0.2, 0.25) is 0 Å². The van der Waals surface area contributed by atoms with E-state index in [1.165, 1.54) is 24.6 Å². The van der Waals surface area contributed by atoms with Gasteiger partial charge in [0.1, 0.15) is 0 Å². The van der Waals surface area contributed by atoms with Crippen molar-refractivity contribution >= 4 is 16.9 Å². The molecule has 0 spiro atoms. The zero-order valence-electron chi connectivity index (χ0n) is 11.1. The molecular weight excluding hydrogens is 248 g/mol. The summed E-state index contributed by atoms with van der Waals surface area (Å²) >= 11 is 0.